The maximum atomic E-state index is 13.3. The molecule has 6 fully saturated rings. The first-order valence-corrected chi connectivity index (χ1v) is 17.6. The zero-order valence-corrected chi connectivity index (χ0v) is 27.3. The van der Waals surface area contributed by atoms with Crippen molar-refractivity contribution in [1.82, 2.24) is 0 Å². The number of rotatable bonds is 12. The van der Waals surface area contributed by atoms with Crippen LogP contribution in [0.4, 0.5) is 0 Å². The maximum absolute atomic E-state index is 13.3. The first-order valence-electron chi connectivity index (χ1n) is 17.6. The van der Waals surface area contributed by atoms with Crippen molar-refractivity contribution in [3.63, 3.8) is 0 Å². The van der Waals surface area contributed by atoms with E-state index in [0.717, 1.165) is 76.9 Å². The topological polar surface area (TPSA) is 108 Å². The number of fused-ring (bicyclic) bond motifs is 7. The average molecular weight is 616 g/mol. The molecule has 6 aliphatic rings. The van der Waals surface area contributed by atoms with Crippen LogP contribution < -0.4 is 0 Å². The third kappa shape index (κ3) is 5.22. The molecule has 0 heterocycles. The summed E-state index contributed by atoms with van der Waals surface area (Å²) in [5.74, 6) is 2.83. The Labute approximate surface area is 263 Å². The molecular weight excluding hydrogens is 560 g/mol. The highest BCUT2D eigenvalue weighted by Gasteiger charge is 2.67. The quantitative estimate of drug-likeness (QED) is 0.146. The van der Waals surface area contributed by atoms with E-state index in [9.17, 15) is 19.5 Å². The Hall–Kier alpha value is -1.67. The maximum Gasteiger partial charge on any atom is 0.306 e. The van der Waals surface area contributed by atoms with E-state index >= 15 is 0 Å². The van der Waals surface area contributed by atoms with Crippen LogP contribution in [-0.4, -0.2) is 47.9 Å². The fourth-order valence-electron chi connectivity index (χ4n) is 12.6. The molecule has 6 rings (SSSR count). The summed E-state index contributed by atoms with van der Waals surface area (Å²) in [7, 11) is 0. The lowest BCUT2D eigenvalue weighted by molar-refractivity contribution is -0.222. The van der Waals surface area contributed by atoms with Crippen molar-refractivity contribution in [3.05, 3.63) is 6.79 Å². The monoisotopic (exact) mass is 615 g/mol. The Balaban J connectivity index is 1.19. The van der Waals surface area contributed by atoms with Crippen LogP contribution in [-0.2, 0) is 33.3 Å². The number of carbonyl (C=O) groups is 3. The van der Waals surface area contributed by atoms with Crippen molar-refractivity contribution in [3.8, 4) is 0 Å². The van der Waals surface area contributed by atoms with E-state index in [1.807, 2.05) is 0 Å². The van der Waals surface area contributed by atoms with Gasteiger partial charge in [-0.25, -0.2) is 0 Å². The Morgan fingerprint density at radius 3 is 2.39 bits per heavy atom. The van der Waals surface area contributed by atoms with Gasteiger partial charge >= 0.3 is 5.97 Å². The van der Waals surface area contributed by atoms with Crippen LogP contribution >= 0.6 is 0 Å². The number of aliphatic hydroxyl groups is 1. The molecule has 14 atom stereocenters. The molecule has 8 heteroatoms. The van der Waals surface area contributed by atoms with Gasteiger partial charge in [-0.3, -0.25) is 14.4 Å². The van der Waals surface area contributed by atoms with Crippen LogP contribution in [0.5, 0.6) is 0 Å². The van der Waals surface area contributed by atoms with Gasteiger partial charge < -0.3 is 24.1 Å². The van der Waals surface area contributed by atoms with Gasteiger partial charge in [-0.1, -0.05) is 27.7 Å². The lowest BCUT2D eigenvalue weighted by Gasteiger charge is -2.64. The van der Waals surface area contributed by atoms with Crippen molar-refractivity contribution < 1.29 is 38.4 Å². The molecule has 0 saturated heterocycles. The molecule has 6 saturated carbocycles. The molecule has 1 radical (unpaired) electrons. The molecule has 0 spiro atoms. The van der Waals surface area contributed by atoms with Gasteiger partial charge in [0, 0.05) is 11.8 Å². The summed E-state index contributed by atoms with van der Waals surface area (Å²) in [5.41, 5.74) is -0.489. The third-order valence-electron chi connectivity index (χ3n) is 14.8. The normalized spacial score (nSPS) is 48.0. The highest BCUT2D eigenvalue weighted by Crippen LogP contribution is 2.69. The summed E-state index contributed by atoms with van der Waals surface area (Å²) in [4.78, 5) is 36.4. The molecular formula is C36H55O8. The molecule has 44 heavy (non-hydrogen) atoms. The first-order chi connectivity index (χ1) is 21.1. The van der Waals surface area contributed by atoms with Gasteiger partial charge in [-0.05, 0) is 136 Å². The molecule has 0 aromatic heterocycles. The summed E-state index contributed by atoms with van der Waals surface area (Å²) in [6.07, 6.45) is 12.6. The molecule has 247 valence electrons. The number of hydrogen-bond donors (Lipinski definition) is 1. The summed E-state index contributed by atoms with van der Waals surface area (Å²) < 4.78 is 23.8. The van der Waals surface area contributed by atoms with Crippen molar-refractivity contribution in [2.45, 2.75) is 141 Å². The van der Waals surface area contributed by atoms with E-state index in [2.05, 4.69) is 27.7 Å². The van der Waals surface area contributed by atoms with Crippen molar-refractivity contribution in [2.24, 2.45) is 58.2 Å². The van der Waals surface area contributed by atoms with E-state index in [1.165, 1.54) is 19.3 Å². The summed E-state index contributed by atoms with van der Waals surface area (Å²) in [6, 6.07) is 0. The van der Waals surface area contributed by atoms with E-state index in [0.29, 0.717) is 31.2 Å². The Morgan fingerprint density at radius 1 is 0.932 bits per heavy atom. The van der Waals surface area contributed by atoms with Gasteiger partial charge in [0.15, 0.2) is 0 Å². The Kier molecular flexibility index (Phi) is 9.17. The van der Waals surface area contributed by atoms with Crippen molar-refractivity contribution in [1.29, 1.82) is 0 Å². The fraction of sp³-hybridized carbons (Fsp3) is 0.889. The van der Waals surface area contributed by atoms with E-state index in [1.54, 1.807) is 0 Å². The standard InChI is InChI=1S/C36H55O8/c1-5-36(18-23-7-8-24(36)14-23)44-32(40)11-6-22(2)27-9-10-28-33-29(17-31(43-21-39)35(27,28)4)34(3)13-12-26(41-19-37)15-25(34)16-30(33)42-20-38/h19-31,33,38H,5-18H2,1-4H3/t22-,23+,24-,25+,26-,27-,28+,29+,30-,31+,33+,34+,35-,36+/m1/s1. The molecule has 2 bridgehead atoms. The van der Waals surface area contributed by atoms with Gasteiger partial charge in [0.1, 0.15) is 17.8 Å². The second-order valence-corrected chi connectivity index (χ2v) is 16.1. The largest absolute Gasteiger partial charge is 0.465 e. The van der Waals surface area contributed by atoms with Gasteiger partial charge in [-0.15, -0.1) is 0 Å². The predicted octanol–water partition coefficient (Wildman–Crippen LogP) is 6.75. The zero-order valence-electron chi connectivity index (χ0n) is 27.3. The lowest BCUT2D eigenvalue weighted by Crippen LogP contribution is -2.63. The van der Waals surface area contributed by atoms with Crippen LogP contribution in [0.2, 0.25) is 0 Å². The van der Waals surface area contributed by atoms with Crippen molar-refractivity contribution in [2.75, 3.05) is 0 Å². The summed E-state index contributed by atoms with van der Waals surface area (Å²) in [5, 5.41) is 9.85. The van der Waals surface area contributed by atoms with Gasteiger partial charge in [0.05, 0.1) is 6.10 Å². The molecule has 0 aliphatic heterocycles. The number of hydrogen-bond acceptors (Lipinski definition) is 8. The molecule has 0 unspecified atom stereocenters. The molecule has 1 N–H and O–H groups in total. The van der Waals surface area contributed by atoms with Gasteiger partial charge in [-0.2, -0.15) is 0 Å². The fourth-order valence-corrected chi connectivity index (χ4v) is 12.6. The smallest absolute Gasteiger partial charge is 0.306 e. The van der Waals surface area contributed by atoms with Crippen molar-refractivity contribution >= 4 is 18.9 Å². The van der Waals surface area contributed by atoms with Crippen LogP contribution in [0.25, 0.3) is 0 Å². The van der Waals surface area contributed by atoms with Crippen LogP contribution in [0.1, 0.15) is 118 Å². The van der Waals surface area contributed by atoms with Gasteiger partial charge in [0.25, 0.3) is 12.9 Å². The van der Waals surface area contributed by atoms with Crippen LogP contribution in [0.3, 0.4) is 0 Å². The lowest BCUT2D eigenvalue weighted by atomic mass is 9.43. The van der Waals surface area contributed by atoms with Gasteiger partial charge in [0.2, 0.25) is 6.79 Å². The molecule has 6 aliphatic carbocycles. The number of carbonyl (C=O) groups excluding carboxylic acids is 3. The first kappa shape index (κ1) is 32.3. The summed E-state index contributed by atoms with van der Waals surface area (Å²) in [6.45, 7) is 11.2. The van der Waals surface area contributed by atoms with E-state index in [4.69, 9.17) is 18.9 Å². The second-order valence-electron chi connectivity index (χ2n) is 16.1. The second kappa shape index (κ2) is 12.5. The number of esters is 1. The highest BCUT2D eigenvalue weighted by molar-refractivity contribution is 5.70. The minimum Gasteiger partial charge on any atom is -0.465 e. The predicted molar refractivity (Wildman–Crippen MR) is 162 cm³/mol. The third-order valence-corrected chi connectivity index (χ3v) is 14.8. The van der Waals surface area contributed by atoms with E-state index in [-0.39, 0.29) is 70.3 Å². The number of ether oxygens (including phenoxy) is 4. The van der Waals surface area contributed by atoms with Crippen LogP contribution in [0.15, 0.2) is 0 Å². The SMILES string of the molecule is CC[C@]1(OC(=O)CC[C@@H](C)[C@H]2CC[C@H]3[C@@H]4[C@H](O[CH]O)C[C@@H]5C[C@H](OC=O)CC[C@]5(C)[C@H]4C[C@H](OC=O)[C@]23C)C[C@H]2CC[C@@H]1C2. The number of aliphatic hydroxyl groups excluding tert-OH is 1. The molecule has 0 aromatic carbocycles. The Bertz CT molecular complexity index is 1060. The zero-order chi connectivity index (χ0) is 31.3. The summed E-state index contributed by atoms with van der Waals surface area (Å²) >= 11 is 0. The molecule has 0 amide bonds. The molecule has 8 nitrogen and oxygen atoms in total. The minimum atomic E-state index is -0.251. The van der Waals surface area contributed by atoms with Crippen LogP contribution in [0, 0.1) is 65.0 Å². The minimum absolute atomic E-state index is 0.0108. The highest BCUT2D eigenvalue weighted by atomic mass is 16.6. The average Bonchev–Trinajstić information content (AvgIpc) is 3.71. The van der Waals surface area contributed by atoms with E-state index < -0.39 is 0 Å². The Morgan fingerprint density at radius 2 is 1.73 bits per heavy atom. The molecule has 0 aromatic rings.